The molecule has 6 nitrogen and oxygen atoms in total. The summed E-state index contributed by atoms with van der Waals surface area (Å²) in [7, 11) is 1.52. The van der Waals surface area contributed by atoms with Gasteiger partial charge < -0.3 is 19.9 Å². The van der Waals surface area contributed by atoms with Gasteiger partial charge >= 0.3 is 0 Å². The quantitative estimate of drug-likeness (QED) is 0.289. The van der Waals surface area contributed by atoms with Crippen LogP contribution in [-0.2, 0) is 11.2 Å². The molecule has 2 rings (SSSR count). The summed E-state index contributed by atoms with van der Waals surface area (Å²) in [5.41, 5.74) is 7.65. The molecule has 0 aliphatic heterocycles. The number of carbonyl (C=O) groups excluding carboxylic acids is 1. The molecule has 2 aromatic carbocycles. The smallest absolute Gasteiger partial charge is 0.259 e. The second-order valence-corrected chi connectivity index (χ2v) is 6.25. The van der Waals surface area contributed by atoms with E-state index in [1.165, 1.54) is 13.2 Å². The SMILES string of the molecule is C=CCc1cc(/C=C(\C#N)C(N)=O)cc(OC)c1OCCOc1ccc(C)cc1. The van der Waals surface area contributed by atoms with E-state index in [4.69, 9.17) is 25.2 Å². The van der Waals surface area contributed by atoms with Crippen molar-refractivity contribution in [3.8, 4) is 23.3 Å². The number of hydrogen-bond donors (Lipinski definition) is 1. The first-order valence-corrected chi connectivity index (χ1v) is 9.04. The van der Waals surface area contributed by atoms with Gasteiger partial charge in [-0.2, -0.15) is 5.26 Å². The molecule has 0 heterocycles. The Morgan fingerprint density at radius 1 is 1.21 bits per heavy atom. The second-order valence-electron chi connectivity index (χ2n) is 6.25. The van der Waals surface area contributed by atoms with Crippen molar-refractivity contribution in [3.05, 3.63) is 71.3 Å². The number of carbonyl (C=O) groups is 1. The van der Waals surface area contributed by atoms with Crippen molar-refractivity contribution >= 4 is 12.0 Å². The van der Waals surface area contributed by atoms with E-state index in [1.807, 2.05) is 31.2 Å². The fourth-order valence-corrected chi connectivity index (χ4v) is 2.65. The van der Waals surface area contributed by atoms with E-state index in [2.05, 4.69) is 6.58 Å². The summed E-state index contributed by atoms with van der Waals surface area (Å²) in [6.07, 6.45) is 3.67. The Kier molecular flexibility index (Phi) is 7.87. The fourth-order valence-electron chi connectivity index (χ4n) is 2.65. The first-order valence-electron chi connectivity index (χ1n) is 9.04. The molecule has 0 radical (unpaired) electrons. The molecule has 2 N–H and O–H groups in total. The first-order chi connectivity index (χ1) is 14.0. The van der Waals surface area contributed by atoms with Crippen LogP contribution in [0.3, 0.4) is 0 Å². The zero-order valence-electron chi connectivity index (χ0n) is 16.6. The minimum Gasteiger partial charge on any atom is -0.493 e. The number of nitrogens with two attached hydrogens (primary N) is 1. The Morgan fingerprint density at radius 3 is 2.48 bits per heavy atom. The van der Waals surface area contributed by atoms with Crippen LogP contribution in [0.15, 0.2) is 54.6 Å². The lowest BCUT2D eigenvalue weighted by atomic mass is 10.0. The molecule has 0 saturated heterocycles. The van der Waals surface area contributed by atoms with Gasteiger partial charge in [0.15, 0.2) is 11.5 Å². The molecule has 0 aliphatic rings. The van der Waals surface area contributed by atoms with Gasteiger partial charge in [0.2, 0.25) is 0 Å². The van der Waals surface area contributed by atoms with Crippen molar-refractivity contribution in [2.24, 2.45) is 5.73 Å². The summed E-state index contributed by atoms with van der Waals surface area (Å²) in [6.45, 7) is 6.46. The Hall–Kier alpha value is -3.72. The average Bonchev–Trinajstić information content (AvgIpc) is 2.71. The van der Waals surface area contributed by atoms with Crippen LogP contribution >= 0.6 is 0 Å². The summed E-state index contributed by atoms with van der Waals surface area (Å²) in [4.78, 5) is 11.3. The highest BCUT2D eigenvalue weighted by molar-refractivity contribution is 6.00. The maximum atomic E-state index is 11.3. The van der Waals surface area contributed by atoms with Gasteiger partial charge in [-0.25, -0.2) is 0 Å². The Bertz CT molecular complexity index is 941. The minimum absolute atomic E-state index is 0.142. The molecule has 1 amide bonds. The first kappa shape index (κ1) is 21.6. The molecular formula is C23H24N2O4. The van der Waals surface area contributed by atoms with Gasteiger partial charge in [0.05, 0.1) is 7.11 Å². The number of rotatable bonds is 10. The van der Waals surface area contributed by atoms with Crippen LogP contribution in [0.5, 0.6) is 17.2 Å². The molecular weight excluding hydrogens is 368 g/mol. The van der Waals surface area contributed by atoms with E-state index >= 15 is 0 Å². The maximum absolute atomic E-state index is 11.3. The number of benzene rings is 2. The van der Waals surface area contributed by atoms with Crippen molar-refractivity contribution in [3.63, 3.8) is 0 Å². The number of methoxy groups -OCH3 is 1. The van der Waals surface area contributed by atoms with E-state index in [1.54, 1.807) is 24.3 Å². The van der Waals surface area contributed by atoms with Crippen LogP contribution in [0.1, 0.15) is 16.7 Å². The van der Waals surface area contributed by atoms with Crippen LogP contribution in [0.2, 0.25) is 0 Å². The van der Waals surface area contributed by atoms with E-state index in [9.17, 15) is 4.79 Å². The number of primary amides is 1. The van der Waals surface area contributed by atoms with Crippen molar-refractivity contribution in [2.45, 2.75) is 13.3 Å². The largest absolute Gasteiger partial charge is 0.493 e. The zero-order valence-corrected chi connectivity index (χ0v) is 16.6. The molecule has 2 aromatic rings. The second kappa shape index (κ2) is 10.6. The number of allylic oxidation sites excluding steroid dienone is 1. The molecule has 6 heteroatoms. The van der Waals surface area contributed by atoms with E-state index in [0.717, 1.165) is 16.9 Å². The van der Waals surface area contributed by atoms with Gasteiger partial charge in [-0.3, -0.25) is 4.79 Å². The molecule has 0 atom stereocenters. The number of nitriles is 1. The summed E-state index contributed by atoms with van der Waals surface area (Å²) < 4.78 is 17.1. The van der Waals surface area contributed by atoms with Gasteiger partial charge in [-0.05, 0) is 49.2 Å². The summed E-state index contributed by atoms with van der Waals surface area (Å²) in [6, 6.07) is 13.1. The third kappa shape index (κ3) is 6.15. The fraction of sp³-hybridized carbons (Fsp3) is 0.217. The normalized spacial score (nSPS) is 10.7. The highest BCUT2D eigenvalue weighted by atomic mass is 16.5. The minimum atomic E-state index is -0.787. The third-order valence-corrected chi connectivity index (χ3v) is 4.05. The highest BCUT2D eigenvalue weighted by Crippen LogP contribution is 2.34. The maximum Gasteiger partial charge on any atom is 0.259 e. The highest BCUT2D eigenvalue weighted by Gasteiger charge is 2.13. The van der Waals surface area contributed by atoms with Crippen LogP contribution in [0.4, 0.5) is 0 Å². The van der Waals surface area contributed by atoms with Gasteiger partial charge in [0.1, 0.15) is 30.6 Å². The molecule has 150 valence electrons. The van der Waals surface area contributed by atoms with Gasteiger partial charge in [-0.15, -0.1) is 6.58 Å². The van der Waals surface area contributed by atoms with Crippen molar-refractivity contribution in [1.29, 1.82) is 5.26 Å². The van der Waals surface area contributed by atoms with Crippen molar-refractivity contribution < 1.29 is 19.0 Å². The van der Waals surface area contributed by atoms with Gasteiger partial charge in [0.25, 0.3) is 5.91 Å². The third-order valence-electron chi connectivity index (χ3n) is 4.05. The van der Waals surface area contributed by atoms with Gasteiger partial charge in [0, 0.05) is 5.56 Å². The topological polar surface area (TPSA) is 94.6 Å². The Morgan fingerprint density at radius 2 is 1.90 bits per heavy atom. The number of aryl methyl sites for hydroxylation is 1. The standard InChI is InChI=1S/C23H24N2O4/c1-4-5-18-12-17(13-19(15-24)23(25)26)14-21(27-3)22(18)29-11-10-28-20-8-6-16(2)7-9-20/h4,6-9,12-14H,1,5,10-11H2,2-3H3,(H2,25,26)/b19-13+. The van der Waals surface area contributed by atoms with Crippen molar-refractivity contribution in [1.82, 2.24) is 0 Å². The van der Waals surface area contributed by atoms with E-state index < -0.39 is 5.91 Å². The monoisotopic (exact) mass is 392 g/mol. The number of amides is 1. The lowest BCUT2D eigenvalue weighted by Crippen LogP contribution is -2.12. The van der Waals surface area contributed by atoms with Crippen LogP contribution in [-0.4, -0.2) is 26.2 Å². The summed E-state index contributed by atoms with van der Waals surface area (Å²) in [5, 5.41) is 9.06. The number of nitrogens with zero attached hydrogens (tertiary/aromatic N) is 1. The van der Waals surface area contributed by atoms with Crippen LogP contribution in [0, 0.1) is 18.3 Å². The van der Waals surface area contributed by atoms with E-state index in [-0.39, 0.29) is 5.57 Å². The number of ether oxygens (including phenoxy) is 3. The molecule has 0 aromatic heterocycles. The van der Waals surface area contributed by atoms with Gasteiger partial charge in [-0.1, -0.05) is 23.8 Å². The van der Waals surface area contributed by atoms with Crippen LogP contribution < -0.4 is 19.9 Å². The molecule has 0 unspecified atom stereocenters. The summed E-state index contributed by atoms with van der Waals surface area (Å²) >= 11 is 0. The molecule has 0 saturated carbocycles. The number of hydrogen-bond acceptors (Lipinski definition) is 5. The Balaban J connectivity index is 2.19. The lowest BCUT2D eigenvalue weighted by molar-refractivity contribution is -0.114. The molecule has 0 aliphatic carbocycles. The lowest BCUT2D eigenvalue weighted by Gasteiger charge is -2.16. The molecule has 0 fully saturated rings. The molecule has 0 spiro atoms. The summed E-state index contributed by atoms with van der Waals surface area (Å²) in [5.74, 6) is 1.03. The Labute approximate surface area is 170 Å². The van der Waals surface area contributed by atoms with Crippen LogP contribution in [0.25, 0.3) is 6.08 Å². The van der Waals surface area contributed by atoms with E-state index in [0.29, 0.717) is 36.7 Å². The molecule has 0 bridgehead atoms. The van der Waals surface area contributed by atoms with Crippen molar-refractivity contribution in [2.75, 3.05) is 20.3 Å². The predicted molar refractivity (Wildman–Crippen MR) is 112 cm³/mol. The predicted octanol–water partition coefficient (Wildman–Crippen LogP) is 3.58. The molecule has 29 heavy (non-hydrogen) atoms. The average molecular weight is 392 g/mol. The zero-order chi connectivity index (χ0) is 21.2.